The molecule has 2 rings (SSSR count). The molecule has 1 aromatic carbocycles. The van der Waals surface area contributed by atoms with E-state index < -0.39 is 10.8 Å². The molecule has 2 N–H and O–H groups in total. The summed E-state index contributed by atoms with van der Waals surface area (Å²) < 4.78 is 11.0. The normalized spacial score (nSPS) is 20.7. The average molecular weight is 266 g/mol. The first-order valence-corrected chi connectivity index (χ1v) is 7.81. The van der Waals surface area contributed by atoms with Gasteiger partial charge in [-0.3, -0.25) is 9.00 Å². The molecule has 1 aromatic rings. The minimum atomic E-state index is -0.820. The number of amides is 1. The number of rotatable bonds is 4. The highest BCUT2D eigenvalue weighted by Gasteiger charge is 2.22. The molecule has 0 bridgehead atoms. The molecule has 1 aliphatic rings. The quantitative estimate of drug-likeness (QED) is 0.851. The predicted octanol–water partition coefficient (Wildman–Crippen LogP) is 0.908. The van der Waals surface area contributed by atoms with Gasteiger partial charge in [-0.25, -0.2) is 0 Å². The Kier molecular flexibility index (Phi) is 4.49. The van der Waals surface area contributed by atoms with Gasteiger partial charge in [-0.1, -0.05) is 18.2 Å². The first-order chi connectivity index (χ1) is 8.66. The van der Waals surface area contributed by atoms with Crippen LogP contribution in [0.25, 0.3) is 0 Å². The summed E-state index contributed by atoms with van der Waals surface area (Å²) in [6.45, 7) is 0.609. The van der Waals surface area contributed by atoms with E-state index in [-0.39, 0.29) is 11.9 Å². The van der Waals surface area contributed by atoms with Crippen molar-refractivity contribution in [2.24, 2.45) is 0 Å². The molecule has 0 fully saturated rings. The lowest BCUT2D eigenvalue weighted by atomic mass is 10.1. The Labute approximate surface area is 110 Å². The van der Waals surface area contributed by atoms with Crippen LogP contribution in [0.3, 0.4) is 0 Å². The van der Waals surface area contributed by atoms with Gasteiger partial charge in [-0.05, 0) is 24.5 Å². The molecule has 1 heterocycles. The molecule has 0 aromatic heterocycles. The molecule has 1 amide bonds. The van der Waals surface area contributed by atoms with Gasteiger partial charge < -0.3 is 10.6 Å². The Hall–Kier alpha value is -1.20. The van der Waals surface area contributed by atoms with Crippen molar-refractivity contribution in [2.75, 3.05) is 23.9 Å². The topological polar surface area (TPSA) is 58.2 Å². The fourth-order valence-corrected chi connectivity index (χ4v) is 2.49. The molecule has 18 heavy (non-hydrogen) atoms. The molecular formula is C13H18N2O2S. The van der Waals surface area contributed by atoms with Crippen molar-refractivity contribution in [3.8, 4) is 0 Å². The van der Waals surface area contributed by atoms with Gasteiger partial charge in [0, 0.05) is 35.0 Å². The molecule has 5 heteroatoms. The van der Waals surface area contributed by atoms with Crippen molar-refractivity contribution in [2.45, 2.75) is 18.9 Å². The Morgan fingerprint density at radius 1 is 1.44 bits per heavy atom. The molecule has 1 aliphatic heterocycles. The van der Waals surface area contributed by atoms with E-state index in [1.807, 2.05) is 24.3 Å². The smallest absolute Gasteiger partial charge is 0.241 e. The molecular weight excluding hydrogens is 248 g/mol. The van der Waals surface area contributed by atoms with E-state index in [9.17, 15) is 9.00 Å². The van der Waals surface area contributed by atoms with Crippen molar-refractivity contribution in [1.82, 2.24) is 5.32 Å². The number of carbonyl (C=O) groups excluding carboxylic acids is 1. The Bertz CT molecular complexity index is 462. The van der Waals surface area contributed by atoms with Gasteiger partial charge >= 0.3 is 0 Å². The zero-order valence-electron chi connectivity index (χ0n) is 10.4. The molecule has 2 atom stereocenters. The van der Waals surface area contributed by atoms with Crippen LogP contribution >= 0.6 is 0 Å². The van der Waals surface area contributed by atoms with Crippen molar-refractivity contribution < 1.29 is 9.00 Å². The summed E-state index contributed by atoms with van der Waals surface area (Å²) in [5.41, 5.74) is 2.08. The molecule has 0 radical (unpaired) electrons. The van der Waals surface area contributed by atoms with Crippen molar-refractivity contribution in [1.29, 1.82) is 0 Å². The molecule has 0 saturated heterocycles. The SMILES string of the molecule is CS(=O)CCNC1CCc2ccccc2NC1=O. The maximum absolute atomic E-state index is 12.0. The van der Waals surface area contributed by atoms with E-state index in [0.29, 0.717) is 12.3 Å². The van der Waals surface area contributed by atoms with Gasteiger partial charge in [0.05, 0.1) is 6.04 Å². The van der Waals surface area contributed by atoms with Gasteiger partial charge in [0.25, 0.3) is 0 Å². The summed E-state index contributed by atoms with van der Waals surface area (Å²) in [6.07, 6.45) is 3.33. The lowest BCUT2D eigenvalue weighted by molar-refractivity contribution is -0.118. The average Bonchev–Trinajstić information content (AvgIpc) is 2.49. The van der Waals surface area contributed by atoms with Crippen LogP contribution in [0.5, 0.6) is 0 Å². The highest BCUT2D eigenvalue weighted by Crippen LogP contribution is 2.21. The highest BCUT2D eigenvalue weighted by atomic mass is 32.2. The van der Waals surface area contributed by atoms with E-state index in [4.69, 9.17) is 0 Å². The Balaban J connectivity index is 1.97. The number of anilines is 1. The summed E-state index contributed by atoms with van der Waals surface area (Å²) in [7, 11) is -0.820. The first-order valence-electron chi connectivity index (χ1n) is 6.09. The van der Waals surface area contributed by atoms with E-state index in [2.05, 4.69) is 10.6 Å². The second kappa shape index (κ2) is 6.11. The molecule has 2 unspecified atom stereocenters. The molecule has 0 aliphatic carbocycles. The van der Waals surface area contributed by atoms with Crippen LogP contribution in [0, 0.1) is 0 Å². The lowest BCUT2D eigenvalue weighted by Gasteiger charge is -2.14. The second-order valence-electron chi connectivity index (χ2n) is 4.47. The Morgan fingerprint density at radius 3 is 3.00 bits per heavy atom. The predicted molar refractivity (Wildman–Crippen MR) is 74.1 cm³/mol. The number of hydrogen-bond acceptors (Lipinski definition) is 3. The lowest BCUT2D eigenvalue weighted by Crippen LogP contribution is -2.41. The Morgan fingerprint density at radius 2 is 2.22 bits per heavy atom. The van der Waals surface area contributed by atoms with Crippen LogP contribution in [-0.4, -0.2) is 34.7 Å². The first kappa shape index (κ1) is 13.2. The van der Waals surface area contributed by atoms with Gasteiger partial charge in [-0.2, -0.15) is 0 Å². The summed E-state index contributed by atoms with van der Waals surface area (Å²) >= 11 is 0. The second-order valence-corrected chi connectivity index (χ2v) is 6.02. The van der Waals surface area contributed by atoms with E-state index >= 15 is 0 Å². The third kappa shape index (κ3) is 3.40. The summed E-state index contributed by atoms with van der Waals surface area (Å²) in [6, 6.07) is 7.68. The third-order valence-electron chi connectivity index (χ3n) is 3.07. The van der Waals surface area contributed by atoms with Crippen LogP contribution in [0.1, 0.15) is 12.0 Å². The van der Waals surface area contributed by atoms with Gasteiger partial charge in [-0.15, -0.1) is 0 Å². The minimum Gasteiger partial charge on any atom is -0.324 e. The standard InChI is InChI=1S/C13H18N2O2S/c1-18(17)9-8-14-12-7-6-10-4-2-3-5-11(10)15-13(12)16/h2-5,12,14H,6-9H2,1H3,(H,15,16). The zero-order valence-corrected chi connectivity index (χ0v) is 11.3. The number of nitrogens with one attached hydrogen (secondary N) is 2. The van der Waals surface area contributed by atoms with Gasteiger partial charge in [0.2, 0.25) is 5.91 Å². The van der Waals surface area contributed by atoms with Crippen molar-refractivity contribution in [3.63, 3.8) is 0 Å². The van der Waals surface area contributed by atoms with E-state index in [1.165, 1.54) is 5.56 Å². The minimum absolute atomic E-state index is 0.00170. The van der Waals surface area contributed by atoms with Crippen molar-refractivity contribution in [3.05, 3.63) is 29.8 Å². The summed E-state index contributed by atoms with van der Waals surface area (Å²) in [5, 5.41) is 6.11. The largest absolute Gasteiger partial charge is 0.324 e. The number of hydrogen-bond donors (Lipinski definition) is 2. The number of fused-ring (bicyclic) bond motifs is 1. The third-order valence-corrected chi connectivity index (χ3v) is 3.85. The monoisotopic (exact) mass is 266 g/mol. The van der Waals surface area contributed by atoms with Crippen LogP contribution in [0.2, 0.25) is 0 Å². The maximum atomic E-state index is 12.0. The molecule has 4 nitrogen and oxygen atoms in total. The number of aryl methyl sites for hydroxylation is 1. The van der Waals surface area contributed by atoms with Gasteiger partial charge in [0.15, 0.2) is 0 Å². The van der Waals surface area contributed by atoms with Crippen molar-refractivity contribution >= 4 is 22.4 Å². The number of para-hydroxylation sites is 1. The summed E-state index contributed by atoms with van der Waals surface area (Å²) in [4.78, 5) is 12.0. The van der Waals surface area contributed by atoms with Crippen LogP contribution in [0.4, 0.5) is 5.69 Å². The molecule has 0 saturated carbocycles. The van der Waals surface area contributed by atoms with Crippen LogP contribution in [0.15, 0.2) is 24.3 Å². The maximum Gasteiger partial charge on any atom is 0.241 e. The van der Waals surface area contributed by atoms with Crippen LogP contribution < -0.4 is 10.6 Å². The number of benzene rings is 1. The van der Waals surface area contributed by atoms with Crippen LogP contribution in [-0.2, 0) is 22.0 Å². The number of carbonyl (C=O) groups is 1. The zero-order chi connectivity index (χ0) is 13.0. The summed E-state index contributed by atoms with van der Waals surface area (Å²) in [5.74, 6) is 0.582. The fourth-order valence-electron chi connectivity index (χ4n) is 2.08. The molecule has 98 valence electrons. The molecule has 0 spiro atoms. The fraction of sp³-hybridized carbons (Fsp3) is 0.462. The highest BCUT2D eigenvalue weighted by molar-refractivity contribution is 7.84. The van der Waals surface area contributed by atoms with E-state index in [1.54, 1.807) is 6.26 Å². The van der Waals surface area contributed by atoms with Gasteiger partial charge in [0.1, 0.15) is 0 Å². The van der Waals surface area contributed by atoms with E-state index in [0.717, 1.165) is 18.5 Å².